The van der Waals surface area contributed by atoms with E-state index in [9.17, 15) is 4.79 Å². The zero-order valence-electron chi connectivity index (χ0n) is 11.5. The number of nitrogens with zero attached hydrogens (tertiary/aromatic N) is 2. The molecular weight excluding hydrogens is 337 g/mol. The minimum absolute atomic E-state index is 0.477. The number of halogens is 3. The van der Waals surface area contributed by atoms with Crippen molar-refractivity contribution in [3.8, 4) is 5.75 Å². The van der Waals surface area contributed by atoms with Gasteiger partial charge in [0.05, 0.1) is 12.8 Å². The Bertz CT molecular complexity index is 526. The first kappa shape index (κ1) is 16.3. The maximum Gasteiger partial charge on any atom is 0.274 e. The summed E-state index contributed by atoms with van der Waals surface area (Å²) in [7, 11) is 1.61. The van der Waals surface area contributed by atoms with Crippen molar-refractivity contribution in [2.24, 2.45) is 0 Å². The molecule has 1 amide bonds. The summed E-state index contributed by atoms with van der Waals surface area (Å²) >= 11 is 16.9. The van der Waals surface area contributed by atoms with E-state index in [0.29, 0.717) is 31.9 Å². The van der Waals surface area contributed by atoms with Crippen molar-refractivity contribution in [2.45, 2.75) is 3.79 Å². The van der Waals surface area contributed by atoms with Gasteiger partial charge in [0.2, 0.25) is 0 Å². The number of benzene rings is 1. The third kappa shape index (κ3) is 3.78. The molecule has 0 atom stereocenters. The lowest BCUT2D eigenvalue weighted by Gasteiger charge is -2.37. The van der Waals surface area contributed by atoms with Gasteiger partial charge in [-0.3, -0.25) is 4.79 Å². The second-order valence-corrected chi connectivity index (χ2v) is 6.99. The maximum absolute atomic E-state index is 11.9. The number of alkyl halides is 3. The fraction of sp³-hybridized carbons (Fsp3) is 0.462. The number of carbonyl (C=O) groups is 1. The maximum atomic E-state index is 11.9. The molecule has 0 bridgehead atoms. The lowest BCUT2D eigenvalue weighted by Crippen LogP contribution is -2.51. The Morgan fingerprint density at radius 3 is 2.38 bits per heavy atom. The number of methoxy groups -OCH3 is 1. The molecular formula is C13H16Cl3N3O2. The van der Waals surface area contributed by atoms with Crippen LogP contribution in [0.3, 0.4) is 0 Å². The molecule has 2 rings (SSSR count). The van der Waals surface area contributed by atoms with E-state index in [2.05, 4.69) is 4.90 Å². The highest BCUT2D eigenvalue weighted by Crippen LogP contribution is 2.32. The topological polar surface area (TPSA) is 58.8 Å². The highest BCUT2D eigenvalue weighted by Gasteiger charge is 2.36. The summed E-state index contributed by atoms with van der Waals surface area (Å²) in [5.41, 5.74) is 7.38. The lowest BCUT2D eigenvalue weighted by molar-refractivity contribution is -0.130. The summed E-state index contributed by atoms with van der Waals surface area (Å²) in [5.74, 6) is 0.247. The van der Waals surface area contributed by atoms with E-state index < -0.39 is 9.70 Å². The zero-order valence-corrected chi connectivity index (χ0v) is 13.8. The number of carbonyl (C=O) groups excluding carboxylic acids is 1. The predicted octanol–water partition coefficient (Wildman–Crippen LogP) is 2.30. The number of ether oxygens (including phenoxy) is 1. The molecule has 116 valence electrons. The smallest absolute Gasteiger partial charge is 0.274 e. The molecule has 0 spiro atoms. The van der Waals surface area contributed by atoms with Crippen LogP contribution in [0.1, 0.15) is 0 Å². The van der Waals surface area contributed by atoms with Gasteiger partial charge < -0.3 is 20.3 Å². The van der Waals surface area contributed by atoms with Crippen LogP contribution in [-0.2, 0) is 4.79 Å². The molecule has 0 aromatic heterocycles. The molecule has 21 heavy (non-hydrogen) atoms. The first-order valence-electron chi connectivity index (χ1n) is 6.37. The van der Waals surface area contributed by atoms with Crippen molar-refractivity contribution in [3.63, 3.8) is 0 Å². The molecule has 1 aliphatic heterocycles. The van der Waals surface area contributed by atoms with Crippen LogP contribution in [0.15, 0.2) is 18.2 Å². The Labute approximate surface area is 138 Å². The molecule has 0 saturated carbocycles. The number of amides is 1. The monoisotopic (exact) mass is 351 g/mol. The Hall–Kier alpha value is -1.04. The number of nitrogens with two attached hydrogens (primary N) is 1. The molecule has 1 aromatic carbocycles. The average molecular weight is 353 g/mol. The Kier molecular flexibility index (Phi) is 4.96. The van der Waals surface area contributed by atoms with Crippen molar-refractivity contribution in [3.05, 3.63) is 18.2 Å². The minimum atomic E-state index is -1.91. The van der Waals surface area contributed by atoms with Crippen LogP contribution in [0.5, 0.6) is 5.75 Å². The summed E-state index contributed by atoms with van der Waals surface area (Å²) in [4.78, 5) is 15.5. The van der Waals surface area contributed by atoms with Crippen LogP contribution in [-0.4, -0.2) is 47.9 Å². The number of hydrogen-bond acceptors (Lipinski definition) is 4. The number of anilines is 2. The third-order valence-electron chi connectivity index (χ3n) is 3.35. The van der Waals surface area contributed by atoms with Gasteiger partial charge in [-0.2, -0.15) is 0 Å². The van der Waals surface area contributed by atoms with E-state index in [0.717, 1.165) is 11.4 Å². The summed E-state index contributed by atoms with van der Waals surface area (Å²) in [5, 5.41) is 0. The molecule has 1 heterocycles. The van der Waals surface area contributed by atoms with Gasteiger partial charge in [0.25, 0.3) is 9.70 Å². The number of nitrogen functional groups attached to an aromatic ring is 1. The quantitative estimate of drug-likeness (QED) is 0.655. The molecule has 0 radical (unpaired) electrons. The van der Waals surface area contributed by atoms with E-state index in [1.165, 1.54) is 0 Å². The number of piperazine rings is 1. The highest BCUT2D eigenvalue weighted by atomic mass is 35.6. The molecule has 1 aromatic rings. The fourth-order valence-electron chi connectivity index (χ4n) is 2.28. The second kappa shape index (κ2) is 6.38. The molecule has 2 N–H and O–H groups in total. The lowest BCUT2D eigenvalue weighted by atomic mass is 10.2. The van der Waals surface area contributed by atoms with Crippen LogP contribution < -0.4 is 15.4 Å². The van der Waals surface area contributed by atoms with Crippen LogP contribution in [0.25, 0.3) is 0 Å². The van der Waals surface area contributed by atoms with E-state index in [1.807, 2.05) is 12.1 Å². The van der Waals surface area contributed by atoms with Crippen LogP contribution in [0.2, 0.25) is 0 Å². The van der Waals surface area contributed by atoms with Gasteiger partial charge in [-0.15, -0.1) is 0 Å². The van der Waals surface area contributed by atoms with Crippen molar-refractivity contribution in [1.82, 2.24) is 4.90 Å². The van der Waals surface area contributed by atoms with E-state index in [1.54, 1.807) is 18.1 Å². The van der Waals surface area contributed by atoms with Crippen LogP contribution in [0, 0.1) is 0 Å². The summed E-state index contributed by atoms with van der Waals surface area (Å²) in [6.45, 7) is 2.19. The van der Waals surface area contributed by atoms with Crippen molar-refractivity contribution >= 4 is 52.1 Å². The Balaban J connectivity index is 2.08. The van der Waals surface area contributed by atoms with Crippen molar-refractivity contribution in [1.29, 1.82) is 0 Å². The third-order valence-corrected chi connectivity index (χ3v) is 3.84. The largest absolute Gasteiger partial charge is 0.495 e. The van der Waals surface area contributed by atoms with Gasteiger partial charge >= 0.3 is 0 Å². The van der Waals surface area contributed by atoms with Gasteiger partial charge in [0, 0.05) is 31.9 Å². The molecule has 1 aliphatic rings. The molecule has 1 fully saturated rings. The minimum Gasteiger partial charge on any atom is -0.495 e. The number of hydrogen-bond donors (Lipinski definition) is 1. The van der Waals surface area contributed by atoms with Gasteiger partial charge in [0.15, 0.2) is 0 Å². The second-order valence-electron chi connectivity index (χ2n) is 4.71. The normalized spacial score (nSPS) is 16.0. The first-order valence-corrected chi connectivity index (χ1v) is 7.51. The molecule has 8 heteroatoms. The summed E-state index contributed by atoms with van der Waals surface area (Å²) in [6.07, 6.45) is 0. The molecule has 0 unspecified atom stereocenters. The standard InChI is InChI=1S/C13H16Cl3N3O2/c1-21-11-3-2-9(17)8-10(11)18-4-6-19(7-5-18)12(20)13(14,15)16/h2-3,8H,4-7,17H2,1H3. The van der Waals surface area contributed by atoms with Crippen molar-refractivity contribution in [2.75, 3.05) is 43.9 Å². The Morgan fingerprint density at radius 1 is 1.24 bits per heavy atom. The van der Waals surface area contributed by atoms with E-state index in [4.69, 9.17) is 45.3 Å². The van der Waals surface area contributed by atoms with Gasteiger partial charge in [-0.1, -0.05) is 34.8 Å². The van der Waals surface area contributed by atoms with Gasteiger partial charge in [-0.25, -0.2) is 0 Å². The SMILES string of the molecule is COc1ccc(N)cc1N1CCN(C(=O)C(Cl)(Cl)Cl)CC1. The van der Waals surface area contributed by atoms with Crippen LogP contribution in [0.4, 0.5) is 11.4 Å². The summed E-state index contributed by atoms with van der Waals surface area (Å²) < 4.78 is 3.44. The molecule has 1 saturated heterocycles. The molecule has 5 nitrogen and oxygen atoms in total. The summed E-state index contributed by atoms with van der Waals surface area (Å²) in [6, 6.07) is 5.46. The fourth-order valence-corrected chi connectivity index (χ4v) is 2.64. The first-order chi connectivity index (χ1) is 9.82. The Morgan fingerprint density at radius 2 is 1.86 bits per heavy atom. The van der Waals surface area contributed by atoms with Crippen molar-refractivity contribution < 1.29 is 9.53 Å². The average Bonchev–Trinajstić information content (AvgIpc) is 2.45. The predicted molar refractivity (Wildman–Crippen MR) is 86.5 cm³/mol. The van der Waals surface area contributed by atoms with Gasteiger partial charge in [0.1, 0.15) is 5.75 Å². The number of rotatable bonds is 2. The van der Waals surface area contributed by atoms with E-state index in [-0.39, 0.29) is 0 Å². The van der Waals surface area contributed by atoms with Crippen LogP contribution >= 0.6 is 34.8 Å². The van der Waals surface area contributed by atoms with Gasteiger partial charge in [-0.05, 0) is 18.2 Å². The zero-order chi connectivity index (χ0) is 15.6. The molecule has 0 aliphatic carbocycles. The van der Waals surface area contributed by atoms with E-state index >= 15 is 0 Å². The highest BCUT2D eigenvalue weighted by molar-refractivity contribution is 6.76.